The molecule has 2 N–H and O–H groups in total. The number of fused-ring (bicyclic) bond motifs is 1. The number of carbonyl (C=O) groups excluding carboxylic acids is 1. The number of nitrogens with zero attached hydrogens (tertiary/aromatic N) is 5. The molecule has 10 nitrogen and oxygen atoms in total. The number of anilines is 2. The monoisotopic (exact) mass is 519 g/mol. The second kappa shape index (κ2) is 9.92. The largest absolute Gasteiger partial charge is 0.325 e. The van der Waals surface area contributed by atoms with Gasteiger partial charge in [0.2, 0.25) is 15.9 Å². The second-order valence-electron chi connectivity index (χ2n) is 9.52. The summed E-state index contributed by atoms with van der Waals surface area (Å²) >= 11 is 0. The molecule has 0 unspecified atom stereocenters. The van der Waals surface area contributed by atoms with Gasteiger partial charge in [0.15, 0.2) is 5.65 Å². The van der Waals surface area contributed by atoms with Gasteiger partial charge in [0.05, 0.1) is 29.9 Å². The number of hydrogen-bond acceptors (Lipinski definition) is 7. The minimum absolute atomic E-state index is 0.0269. The van der Waals surface area contributed by atoms with E-state index in [-0.39, 0.29) is 5.91 Å². The molecule has 11 heteroatoms. The van der Waals surface area contributed by atoms with Crippen LogP contribution in [-0.4, -0.2) is 84.7 Å². The van der Waals surface area contributed by atoms with E-state index in [4.69, 9.17) is 4.98 Å². The van der Waals surface area contributed by atoms with Crippen molar-refractivity contribution in [3.05, 3.63) is 67.0 Å². The average Bonchev–Trinajstić information content (AvgIpc) is 3.24. The van der Waals surface area contributed by atoms with Gasteiger partial charge in [-0.25, -0.2) is 18.4 Å². The fraction of sp³-hybridized carbons (Fsp3) is 0.269. The average molecular weight is 520 g/mol. The van der Waals surface area contributed by atoms with Crippen LogP contribution in [0.4, 0.5) is 11.4 Å². The summed E-state index contributed by atoms with van der Waals surface area (Å²) in [6.07, 6.45) is 2.78. The third-order valence-corrected chi connectivity index (χ3v) is 6.93. The standard InChI is InChI=1S/C26H29N7O3S/c1-31(2)22-14-32(15-22)16-25(34)28-19-9-7-18(8-10-19)23-11-12-24-26(29-23)33(17-27-24)21-6-4-5-20(13-21)30-37(3,35)36/h4-13,17,22,30H,14-16H2,1-3H3,(H,28,34). The van der Waals surface area contributed by atoms with Gasteiger partial charge >= 0.3 is 0 Å². The smallest absolute Gasteiger partial charge is 0.238 e. The molecule has 2 aromatic heterocycles. The number of benzene rings is 2. The highest BCUT2D eigenvalue weighted by atomic mass is 32.2. The SMILES string of the molecule is CN(C)C1CN(CC(=O)Nc2ccc(-c3ccc4ncn(-c5cccc(NS(C)(=O)=O)c5)c4n3)cc2)C1. The Kier molecular flexibility index (Phi) is 6.67. The molecule has 1 aliphatic heterocycles. The lowest BCUT2D eigenvalue weighted by Crippen LogP contribution is -2.58. The summed E-state index contributed by atoms with van der Waals surface area (Å²) in [6.45, 7) is 2.19. The van der Waals surface area contributed by atoms with Crippen molar-refractivity contribution in [1.82, 2.24) is 24.3 Å². The molecule has 3 heterocycles. The molecule has 0 bridgehead atoms. The molecule has 4 aromatic rings. The number of hydrogen-bond donors (Lipinski definition) is 2. The van der Waals surface area contributed by atoms with Gasteiger partial charge in [0.1, 0.15) is 11.8 Å². The summed E-state index contributed by atoms with van der Waals surface area (Å²) in [5.41, 5.74) is 4.96. The van der Waals surface area contributed by atoms with Crippen LogP contribution >= 0.6 is 0 Å². The lowest BCUT2D eigenvalue weighted by molar-refractivity contribution is -0.119. The maximum absolute atomic E-state index is 12.4. The molecule has 0 aliphatic carbocycles. The van der Waals surface area contributed by atoms with Gasteiger partial charge in [-0.05, 0) is 56.6 Å². The molecule has 1 amide bonds. The summed E-state index contributed by atoms with van der Waals surface area (Å²) in [4.78, 5) is 26.0. The van der Waals surface area contributed by atoms with Crippen LogP contribution in [0.3, 0.4) is 0 Å². The zero-order valence-electron chi connectivity index (χ0n) is 20.9. The fourth-order valence-electron chi connectivity index (χ4n) is 4.30. The van der Waals surface area contributed by atoms with Gasteiger partial charge < -0.3 is 10.2 Å². The number of rotatable bonds is 8. The Morgan fingerprint density at radius 1 is 1.05 bits per heavy atom. The summed E-state index contributed by atoms with van der Waals surface area (Å²) in [5.74, 6) is -0.0269. The highest BCUT2D eigenvalue weighted by Gasteiger charge is 2.29. The zero-order valence-corrected chi connectivity index (χ0v) is 21.7. The highest BCUT2D eigenvalue weighted by molar-refractivity contribution is 7.92. The number of likely N-dealkylation sites (N-methyl/N-ethyl adjacent to an activating group) is 1. The predicted octanol–water partition coefficient (Wildman–Crippen LogP) is 2.64. The molecule has 1 saturated heterocycles. The van der Waals surface area contributed by atoms with E-state index in [9.17, 15) is 13.2 Å². The molecule has 1 aliphatic rings. The minimum atomic E-state index is -3.39. The van der Waals surface area contributed by atoms with Crippen LogP contribution in [0.5, 0.6) is 0 Å². The summed E-state index contributed by atoms with van der Waals surface area (Å²) in [6, 6.07) is 19.0. The van der Waals surface area contributed by atoms with Gasteiger partial charge in [-0.2, -0.15) is 0 Å². The lowest BCUT2D eigenvalue weighted by Gasteiger charge is -2.42. The third-order valence-electron chi connectivity index (χ3n) is 6.32. The van der Waals surface area contributed by atoms with Crippen molar-refractivity contribution >= 4 is 38.5 Å². The van der Waals surface area contributed by atoms with E-state index in [1.54, 1.807) is 24.5 Å². The quantitative estimate of drug-likeness (QED) is 0.368. The van der Waals surface area contributed by atoms with Crippen molar-refractivity contribution in [1.29, 1.82) is 0 Å². The first-order valence-electron chi connectivity index (χ1n) is 11.9. The van der Waals surface area contributed by atoms with Crippen molar-refractivity contribution in [2.45, 2.75) is 6.04 Å². The number of aromatic nitrogens is 3. The van der Waals surface area contributed by atoms with Crippen molar-refractivity contribution < 1.29 is 13.2 Å². The maximum Gasteiger partial charge on any atom is 0.238 e. The molecule has 0 saturated carbocycles. The van der Waals surface area contributed by atoms with E-state index < -0.39 is 10.0 Å². The summed E-state index contributed by atoms with van der Waals surface area (Å²) in [5, 5.41) is 2.96. The fourth-order valence-corrected chi connectivity index (χ4v) is 4.86. The Labute approximate surface area is 216 Å². The third kappa shape index (κ3) is 5.79. The molecule has 5 rings (SSSR count). The van der Waals surface area contributed by atoms with E-state index in [0.29, 0.717) is 23.9 Å². The first kappa shape index (κ1) is 24.9. The van der Waals surface area contributed by atoms with Crippen LogP contribution in [0.25, 0.3) is 28.1 Å². The molecule has 2 aromatic carbocycles. The number of imidazole rings is 1. The van der Waals surface area contributed by atoms with Gasteiger partial charge in [-0.1, -0.05) is 18.2 Å². The maximum atomic E-state index is 12.4. The van der Waals surface area contributed by atoms with Crippen LogP contribution in [0.15, 0.2) is 67.0 Å². The van der Waals surface area contributed by atoms with E-state index in [1.807, 2.05) is 47.0 Å². The molecule has 0 atom stereocenters. The Morgan fingerprint density at radius 3 is 2.51 bits per heavy atom. The van der Waals surface area contributed by atoms with Gasteiger partial charge in [0.25, 0.3) is 0 Å². The Morgan fingerprint density at radius 2 is 1.81 bits per heavy atom. The van der Waals surface area contributed by atoms with E-state index in [2.05, 4.69) is 38.9 Å². The van der Waals surface area contributed by atoms with E-state index >= 15 is 0 Å². The topological polar surface area (TPSA) is 112 Å². The van der Waals surface area contributed by atoms with Gasteiger partial charge in [-0.15, -0.1) is 0 Å². The van der Waals surface area contributed by atoms with Crippen LogP contribution < -0.4 is 10.0 Å². The van der Waals surface area contributed by atoms with Crippen molar-refractivity contribution in [2.24, 2.45) is 0 Å². The molecule has 1 fully saturated rings. The molecule has 0 radical (unpaired) electrons. The Balaban J connectivity index is 1.31. The Bertz CT molecular complexity index is 1540. The number of carbonyl (C=O) groups is 1. The van der Waals surface area contributed by atoms with E-state index in [0.717, 1.165) is 47.5 Å². The molecular formula is C26H29N7O3S. The van der Waals surface area contributed by atoms with Crippen LogP contribution in [0.2, 0.25) is 0 Å². The molecule has 192 valence electrons. The van der Waals surface area contributed by atoms with Crippen molar-refractivity contribution in [2.75, 3.05) is 50.0 Å². The highest BCUT2D eigenvalue weighted by Crippen LogP contribution is 2.25. The molecular weight excluding hydrogens is 490 g/mol. The van der Waals surface area contributed by atoms with Crippen LogP contribution in [-0.2, 0) is 14.8 Å². The zero-order chi connectivity index (χ0) is 26.2. The number of sulfonamides is 1. The lowest BCUT2D eigenvalue weighted by atomic mass is 10.1. The normalized spacial score (nSPS) is 14.6. The first-order chi connectivity index (χ1) is 17.6. The molecule has 0 spiro atoms. The van der Waals surface area contributed by atoms with Crippen molar-refractivity contribution in [3.8, 4) is 16.9 Å². The van der Waals surface area contributed by atoms with Gasteiger partial charge in [0, 0.05) is 30.4 Å². The first-order valence-corrected chi connectivity index (χ1v) is 13.8. The minimum Gasteiger partial charge on any atom is -0.325 e. The summed E-state index contributed by atoms with van der Waals surface area (Å²) in [7, 11) is 0.723. The number of nitrogens with one attached hydrogen (secondary N) is 2. The van der Waals surface area contributed by atoms with Crippen LogP contribution in [0, 0.1) is 0 Å². The number of pyridine rings is 1. The predicted molar refractivity (Wildman–Crippen MR) is 145 cm³/mol. The Hall–Kier alpha value is -3.80. The van der Waals surface area contributed by atoms with Crippen LogP contribution in [0.1, 0.15) is 0 Å². The van der Waals surface area contributed by atoms with Gasteiger partial charge in [-0.3, -0.25) is 19.0 Å². The number of likely N-dealkylation sites (tertiary alicyclic amines) is 1. The number of amides is 1. The van der Waals surface area contributed by atoms with E-state index in [1.165, 1.54) is 0 Å². The second-order valence-corrected chi connectivity index (χ2v) is 11.3. The summed E-state index contributed by atoms with van der Waals surface area (Å²) < 4.78 is 27.6. The van der Waals surface area contributed by atoms with Crippen molar-refractivity contribution in [3.63, 3.8) is 0 Å². The molecule has 37 heavy (non-hydrogen) atoms.